The molecule has 0 saturated heterocycles. The molecule has 0 aliphatic heterocycles. The van der Waals surface area contributed by atoms with Crippen molar-refractivity contribution < 1.29 is 33.0 Å². The fourth-order valence-corrected chi connectivity index (χ4v) is 6.01. The van der Waals surface area contributed by atoms with Gasteiger partial charge in [0.05, 0.1) is 19.4 Å². The topological polar surface area (TPSA) is 111 Å². The lowest BCUT2D eigenvalue weighted by Gasteiger charge is -2.21. The van der Waals surface area contributed by atoms with Crippen molar-refractivity contribution in [3.8, 4) is 11.1 Å². The number of hydrogen-bond acceptors (Lipinski definition) is 7. The smallest absolute Gasteiger partial charge is 0.407 e. The van der Waals surface area contributed by atoms with E-state index in [1.807, 2.05) is 78.9 Å². The summed E-state index contributed by atoms with van der Waals surface area (Å²) in [5.41, 5.74) is 5.18. The second-order valence-electron chi connectivity index (χ2n) is 8.60. The van der Waals surface area contributed by atoms with Gasteiger partial charge in [-0.3, -0.25) is 0 Å². The molecule has 0 aromatic heterocycles. The number of nitrogens with one attached hydrogen (secondary N) is 1. The molecule has 0 radical (unpaired) electrons. The molecule has 9 heteroatoms. The van der Waals surface area contributed by atoms with E-state index in [0.29, 0.717) is 6.42 Å². The first kappa shape index (κ1) is 26.6. The second-order valence-corrected chi connectivity index (χ2v) is 10.7. The van der Waals surface area contributed by atoms with Gasteiger partial charge in [-0.25, -0.2) is 14.2 Å². The van der Waals surface area contributed by atoms with Crippen molar-refractivity contribution in [3.05, 3.63) is 95.6 Å². The van der Waals surface area contributed by atoms with Crippen LogP contribution in [0, 0.1) is 0 Å². The van der Waals surface area contributed by atoms with Crippen LogP contribution >= 0.6 is 7.60 Å². The van der Waals surface area contributed by atoms with Crippen molar-refractivity contribution in [2.45, 2.75) is 25.3 Å². The number of aryl methyl sites for hydroxylation is 1. The fourth-order valence-electron chi connectivity index (χ4n) is 4.41. The molecule has 0 fully saturated rings. The molecule has 1 unspecified atom stereocenters. The van der Waals surface area contributed by atoms with Crippen LogP contribution in [0.3, 0.4) is 0 Å². The zero-order valence-electron chi connectivity index (χ0n) is 20.5. The number of benzene rings is 3. The van der Waals surface area contributed by atoms with E-state index in [9.17, 15) is 19.3 Å². The normalized spacial score (nSPS) is 14.6. The Kier molecular flexibility index (Phi) is 8.77. The van der Waals surface area contributed by atoms with Crippen LogP contribution in [0.5, 0.6) is 0 Å². The molecule has 0 spiro atoms. The van der Waals surface area contributed by atoms with Gasteiger partial charge in [-0.05, 0) is 41.2 Å². The summed E-state index contributed by atoms with van der Waals surface area (Å²) in [5, 5.41) is 12.0. The standard InChI is InChI=1S/C28H30NO7P/c1-2-35-37(33,17-16-20-10-4-3-5-11-20)36-27(31)26(18-30)29-28(32)34-19-25-23-14-8-6-12-21(23)22-13-7-9-15-24(22)25/h3-15,25-26,30H,2,16-19H2,1H3,(H,29,32)/t26-,37?/m0/s1. The predicted octanol–water partition coefficient (Wildman–Crippen LogP) is 4.90. The highest BCUT2D eigenvalue weighted by Crippen LogP contribution is 2.49. The molecule has 0 saturated carbocycles. The van der Waals surface area contributed by atoms with Crippen LogP contribution in [0.1, 0.15) is 29.5 Å². The van der Waals surface area contributed by atoms with Crippen LogP contribution < -0.4 is 5.32 Å². The number of aliphatic hydroxyl groups is 1. The molecule has 1 aliphatic rings. The summed E-state index contributed by atoms with van der Waals surface area (Å²) in [6.45, 7) is 1.000. The van der Waals surface area contributed by atoms with E-state index in [1.54, 1.807) is 6.92 Å². The minimum atomic E-state index is -3.81. The number of amides is 1. The van der Waals surface area contributed by atoms with Crippen molar-refractivity contribution in [2.24, 2.45) is 0 Å². The maximum Gasteiger partial charge on any atom is 0.407 e. The minimum absolute atomic E-state index is 0.0281. The zero-order chi connectivity index (χ0) is 26.3. The SMILES string of the molecule is CCOP(=O)(CCc1ccccc1)OC(=O)[C@H](CO)NC(=O)OCC1c2ccccc2-c2ccccc21. The highest BCUT2D eigenvalue weighted by atomic mass is 31.2. The van der Waals surface area contributed by atoms with E-state index in [-0.39, 0.29) is 25.3 Å². The number of aliphatic hydroxyl groups excluding tert-OH is 1. The van der Waals surface area contributed by atoms with Crippen molar-refractivity contribution in [1.29, 1.82) is 0 Å². The molecular weight excluding hydrogens is 493 g/mol. The highest BCUT2D eigenvalue weighted by molar-refractivity contribution is 7.54. The minimum Gasteiger partial charge on any atom is -0.449 e. The largest absolute Gasteiger partial charge is 0.449 e. The molecule has 2 atom stereocenters. The van der Waals surface area contributed by atoms with Gasteiger partial charge in [-0.2, -0.15) is 0 Å². The molecule has 4 rings (SSSR count). The number of rotatable bonds is 11. The average molecular weight is 524 g/mol. The first-order valence-electron chi connectivity index (χ1n) is 12.2. The Bertz CT molecular complexity index is 1230. The predicted molar refractivity (Wildman–Crippen MR) is 139 cm³/mol. The van der Waals surface area contributed by atoms with Crippen LogP contribution in [-0.2, 0) is 29.6 Å². The van der Waals surface area contributed by atoms with Gasteiger partial charge in [-0.15, -0.1) is 0 Å². The first-order valence-corrected chi connectivity index (χ1v) is 13.9. The van der Waals surface area contributed by atoms with Crippen LogP contribution in [0.2, 0.25) is 0 Å². The first-order chi connectivity index (χ1) is 17.9. The molecule has 1 amide bonds. The number of carbonyl (C=O) groups excluding carboxylic acids is 2. The highest BCUT2D eigenvalue weighted by Gasteiger charge is 2.34. The van der Waals surface area contributed by atoms with E-state index in [0.717, 1.165) is 27.8 Å². The van der Waals surface area contributed by atoms with Crippen molar-refractivity contribution in [2.75, 3.05) is 26.0 Å². The average Bonchev–Trinajstić information content (AvgIpc) is 3.24. The molecular formula is C28H30NO7P. The second kappa shape index (κ2) is 12.2. The Morgan fingerprint density at radius 3 is 2.14 bits per heavy atom. The summed E-state index contributed by atoms with van der Waals surface area (Å²) in [5.74, 6) is -1.21. The van der Waals surface area contributed by atoms with Crippen molar-refractivity contribution >= 4 is 19.7 Å². The molecule has 1 aliphatic carbocycles. The number of ether oxygens (including phenoxy) is 1. The van der Waals surface area contributed by atoms with E-state index in [1.165, 1.54) is 0 Å². The Morgan fingerprint density at radius 2 is 1.54 bits per heavy atom. The third-order valence-electron chi connectivity index (χ3n) is 6.17. The van der Waals surface area contributed by atoms with Gasteiger partial charge in [0, 0.05) is 5.92 Å². The van der Waals surface area contributed by atoms with Gasteiger partial charge in [-0.1, -0.05) is 78.9 Å². The van der Waals surface area contributed by atoms with Crippen LogP contribution in [0.4, 0.5) is 4.79 Å². The van der Waals surface area contributed by atoms with Crippen LogP contribution in [0.25, 0.3) is 11.1 Å². The summed E-state index contributed by atoms with van der Waals surface area (Å²) in [7, 11) is -3.81. The molecule has 194 valence electrons. The zero-order valence-corrected chi connectivity index (χ0v) is 21.4. The van der Waals surface area contributed by atoms with Crippen molar-refractivity contribution in [3.63, 3.8) is 0 Å². The molecule has 0 bridgehead atoms. The third-order valence-corrected chi connectivity index (χ3v) is 8.06. The maximum absolute atomic E-state index is 13.1. The Labute approximate surface area is 216 Å². The van der Waals surface area contributed by atoms with E-state index in [2.05, 4.69) is 5.32 Å². The number of alkyl carbamates (subject to hydrolysis) is 1. The van der Waals surface area contributed by atoms with Gasteiger partial charge in [0.25, 0.3) is 0 Å². The summed E-state index contributed by atoms with van der Waals surface area (Å²) >= 11 is 0. The summed E-state index contributed by atoms with van der Waals surface area (Å²) < 4.78 is 29.1. The summed E-state index contributed by atoms with van der Waals surface area (Å²) in [4.78, 5) is 25.2. The lowest BCUT2D eigenvalue weighted by atomic mass is 9.98. The van der Waals surface area contributed by atoms with Gasteiger partial charge < -0.3 is 24.2 Å². The Hall–Kier alpha value is -3.45. The van der Waals surface area contributed by atoms with Gasteiger partial charge in [0.1, 0.15) is 6.61 Å². The lowest BCUT2D eigenvalue weighted by molar-refractivity contribution is -0.138. The molecule has 2 N–H and O–H groups in total. The summed E-state index contributed by atoms with van der Waals surface area (Å²) in [6, 6.07) is 23.7. The van der Waals surface area contributed by atoms with Crippen molar-refractivity contribution in [1.82, 2.24) is 5.32 Å². The Morgan fingerprint density at radius 1 is 0.946 bits per heavy atom. The van der Waals surface area contributed by atoms with Gasteiger partial charge in [0.2, 0.25) is 0 Å². The molecule has 3 aromatic rings. The molecule has 0 heterocycles. The van der Waals surface area contributed by atoms with Crippen LogP contribution in [-0.4, -0.2) is 49.2 Å². The molecule has 8 nitrogen and oxygen atoms in total. The summed E-state index contributed by atoms with van der Waals surface area (Å²) in [6.07, 6.45) is -0.553. The van der Waals surface area contributed by atoms with Gasteiger partial charge >= 0.3 is 19.7 Å². The van der Waals surface area contributed by atoms with Crippen LogP contribution in [0.15, 0.2) is 78.9 Å². The number of hydrogen-bond donors (Lipinski definition) is 2. The van der Waals surface area contributed by atoms with E-state index in [4.69, 9.17) is 13.8 Å². The molecule has 3 aromatic carbocycles. The maximum atomic E-state index is 13.1. The Balaban J connectivity index is 1.35. The monoisotopic (exact) mass is 523 g/mol. The third kappa shape index (κ3) is 6.46. The van der Waals surface area contributed by atoms with E-state index >= 15 is 0 Å². The number of carbonyl (C=O) groups is 2. The molecule has 37 heavy (non-hydrogen) atoms. The quantitative estimate of drug-likeness (QED) is 0.344. The van der Waals surface area contributed by atoms with Gasteiger partial charge in [0.15, 0.2) is 6.04 Å². The lowest BCUT2D eigenvalue weighted by Crippen LogP contribution is -2.44. The van der Waals surface area contributed by atoms with E-state index < -0.39 is 32.3 Å². The fraction of sp³-hybridized carbons (Fsp3) is 0.286. The number of fused-ring (bicyclic) bond motifs is 3.